The highest BCUT2D eigenvalue weighted by atomic mass is 35.5. The van der Waals surface area contributed by atoms with E-state index in [-0.39, 0.29) is 0 Å². The van der Waals surface area contributed by atoms with Crippen LogP contribution < -0.4 is 4.74 Å². The van der Waals surface area contributed by atoms with E-state index in [1.807, 2.05) is 18.2 Å². The van der Waals surface area contributed by atoms with E-state index < -0.39 is 0 Å². The molecule has 3 nitrogen and oxygen atoms in total. The summed E-state index contributed by atoms with van der Waals surface area (Å²) in [6, 6.07) is 13.4. The highest BCUT2D eigenvalue weighted by Crippen LogP contribution is 2.28. The minimum atomic E-state index is 0.375. The number of aryl methyl sites for hydroxylation is 1. The van der Waals surface area contributed by atoms with Crippen LogP contribution in [0.15, 0.2) is 42.5 Å². The molecule has 1 aromatic heterocycles. The zero-order valence-corrected chi connectivity index (χ0v) is 14.4. The van der Waals surface area contributed by atoms with Crippen molar-refractivity contribution in [2.75, 3.05) is 0 Å². The molecule has 0 unspecified atom stereocenters. The summed E-state index contributed by atoms with van der Waals surface area (Å²) in [4.78, 5) is 4.70. The van der Waals surface area contributed by atoms with Crippen LogP contribution in [0.2, 0.25) is 10.0 Å². The molecule has 0 saturated carbocycles. The molecule has 0 aliphatic heterocycles. The Hall–Kier alpha value is -1.71. The number of fused-ring (bicyclic) bond motifs is 1. The van der Waals surface area contributed by atoms with Crippen LogP contribution in [0.3, 0.4) is 0 Å². The van der Waals surface area contributed by atoms with Crippen LogP contribution in [0, 0.1) is 0 Å². The largest absolute Gasteiger partial charge is 0.484 e. The lowest BCUT2D eigenvalue weighted by molar-refractivity contribution is 0.290. The van der Waals surface area contributed by atoms with Crippen LogP contribution in [-0.4, -0.2) is 9.55 Å². The van der Waals surface area contributed by atoms with Gasteiger partial charge in [0.2, 0.25) is 0 Å². The van der Waals surface area contributed by atoms with Crippen molar-refractivity contribution >= 4 is 34.2 Å². The van der Waals surface area contributed by atoms with Crippen LogP contribution in [0.4, 0.5) is 0 Å². The van der Waals surface area contributed by atoms with Gasteiger partial charge in [0.05, 0.1) is 16.1 Å². The second kappa shape index (κ2) is 7.24. The minimum Gasteiger partial charge on any atom is -0.484 e. The fourth-order valence-electron chi connectivity index (χ4n) is 2.54. The van der Waals surface area contributed by atoms with Gasteiger partial charge in [-0.2, -0.15) is 0 Å². The molecule has 3 aromatic rings. The first-order valence-electron chi connectivity index (χ1n) is 7.71. The van der Waals surface area contributed by atoms with Crippen LogP contribution >= 0.6 is 23.2 Å². The van der Waals surface area contributed by atoms with Gasteiger partial charge in [0, 0.05) is 11.6 Å². The van der Waals surface area contributed by atoms with Gasteiger partial charge in [-0.25, -0.2) is 4.98 Å². The van der Waals surface area contributed by atoms with Crippen molar-refractivity contribution in [3.63, 3.8) is 0 Å². The molecule has 23 heavy (non-hydrogen) atoms. The number of ether oxygens (including phenoxy) is 1. The average Bonchev–Trinajstić information content (AvgIpc) is 2.89. The summed E-state index contributed by atoms with van der Waals surface area (Å²) < 4.78 is 8.08. The first-order chi connectivity index (χ1) is 11.2. The third-order valence-corrected chi connectivity index (χ3v) is 4.25. The van der Waals surface area contributed by atoms with Gasteiger partial charge in [-0.1, -0.05) is 48.7 Å². The summed E-state index contributed by atoms with van der Waals surface area (Å²) in [5, 5.41) is 1.10. The summed E-state index contributed by atoms with van der Waals surface area (Å²) in [6.07, 6.45) is 2.24. The lowest BCUT2D eigenvalue weighted by atomic mass is 10.3. The molecule has 0 amide bonds. The molecule has 0 radical (unpaired) electrons. The fourth-order valence-corrected chi connectivity index (χ4v) is 3.00. The average molecular weight is 349 g/mol. The Morgan fingerprint density at radius 1 is 1.13 bits per heavy atom. The molecule has 3 rings (SSSR count). The van der Waals surface area contributed by atoms with E-state index in [4.69, 9.17) is 32.9 Å². The van der Waals surface area contributed by atoms with Crippen molar-refractivity contribution in [1.29, 1.82) is 0 Å². The van der Waals surface area contributed by atoms with Gasteiger partial charge in [0.1, 0.15) is 18.2 Å². The predicted octanol–water partition coefficient (Wildman–Crippen LogP) is 5.72. The molecule has 0 fully saturated rings. The molecule has 0 aliphatic carbocycles. The van der Waals surface area contributed by atoms with Crippen molar-refractivity contribution in [2.45, 2.75) is 32.9 Å². The van der Waals surface area contributed by atoms with Crippen LogP contribution in [0.25, 0.3) is 11.0 Å². The van der Waals surface area contributed by atoms with Crippen molar-refractivity contribution in [3.05, 3.63) is 58.3 Å². The summed E-state index contributed by atoms with van der Waals surface area (Å²) in [7, 11) is 0. The number of benzene rings is 2. The van der Waals surface area contributed by atoms with E-state index in [9.17, 15) is 0 Å². The highest BCUT2D eigenvalue weighted by Gasteiger charge is 2.11. The van der Waals surface area contributed by atoms with Gasteiger partial charge in [0.15, 0.2) is 0 Å². The molecule has 120 valence electrons. The van der Waals surface area contributed by atoms with Gasteiger partial charge in [-0.05, 0) is 36.8 Å². The Kier molecular flexibility index (Phi) is 5.09. The molecule has 0 atom stereocenters. The number of aromatic nitrogens is 2. The smallest absolute Gasteiger partial charge is 0.147 e. The van der Waals surface area contributed by atoms with E-state index in [1.165, 1.54) is 0 Å². The van der Waals surface area contributed by atoms with E-state index in [2.05, 4.69) is 17.6 Å². The quantitative estimate of drug-likeness (QED) is 0.569. The number of halogens is 2. The first kappa shape index (κ1) is 16.2. The molecular formula is C18H18Cl2N2O. The van der Waals surface area contributed by atoms with Crippen molar-refractivity contribution in [1.82, 2.24) is 9.55 Å². The maximum atomic E-state index is 6.16. The highest BCUT2D eigenvalue weighted by molar-refractivity contribution is 6.35. The Balaban J connectivity index is 1.86. The van der Waals surface area contributed by atoms with Gasteiger partial charge in [-0.3, -0.25) is 0 Å². The second-order valence-corrected chi connectivity index (χ2v) is 6.23. The standard InChI is InChI=1S/C18H18Cl2N2O/c1-2-3-10-22-16-7-5-4-6-15(16)21-18(22)12-23-17-9-8-13(19)11-14(17)20/h4-9,11H,2-3,10,12H2,1H3. The summed E-state index contributed by atoms with van der Waals surface area (Å²) >= 11 is 12.1. The molecular weight excluding hydrogens is 331 g/mol. The van der Waals surface area contributed by atoms with Gasteiger partial charge in [-0.15, -0.1) is 0 Å². The number of rotatable bonds is 6. The molecule has 5 heteroatoms. The van der Waals surface area contributed by atoms with Crippen molar-refractivity contribution < 1.29 is 4.74 Å². The SMILES string of the molecule is CCCCn1c(COc2ccc(Cl)cc2Cl)nc2ccccc21. The lowest BCUT2D eigenvalue weighted by Gasteiger charge is -2.11. The summed E-state index contributed by atoms with van der Waals surface area (Å²) in [6.45, 7) is 3.49. The Bertz CT molecular complexity index is 814. The fraction of sp³-hybridized carbons (Fsp3) is 0.278. The van der Waals surface area contributed by atoms with Crippen molar-refractivity contribution in [3.8, 4) is 5.75 Å². The Labute approximate surface area is 145 Å². The number of hydrogen-bond donors (Lipinski definition) is 0. The maximum Gasteiger partial charge on any atom is 0.147 e. The molecule has 0 aliphatic rings. The number of hydrogen-bond acceptors (Lipinski definition) is 2. The zero-order chi connectivity index (χ0) is 16.2. The summed E-state index contributed by atoms with van der Waals surface area (Å²) in [5.41, 5.74) is 2.13. The van der Waals surface area contributed by atoms with Gasteiger partial charge in [0.25, 0.3) is 0 Å². The van der Waals surface area contributed by atoms with E-state index in [0.717, 1.165) is 36.2 Å². The molecule has 0 bridgehead atoms. The minimum absolute atomic E-state index is 0.375. The molecule has 0 N–H and O–H groups in total. The Morgan fingerprint density at radius 2 is 1.96 bits per heavy atom. The van der Waals surface area contributed by atoms with Crippen LogP contribution in [-0.2, 0) is 13.2 Å². The zero-order valence-electron chi connectivity index (χ0n) is 12.9. The normalized spacial score (nSPS) is 11.1. The second-order valence-electron chi connectivity index (χ2n) is 5.39. The predicted molar refractivity (Wildman–Crippen MR) is 95.4 cm³/mol. The Morgan fingerprint density at radius 3 is 2.74 bits per heavy atom. The van der Waals surface area contributed by atoms with E-state index in [0.29, 0.717) is 22.4 Å². The van der Waals surface area contributed by atoms with E-state index >= 15 is 0 Å². The molecule has 0 saturated heterocycles. The third-order valence-electron chi connectivity index (χ3n) is 3.72. The first-order valence-corrected chi connectivity index (χ1v) is 8.46. The molecule has 2 aromatic carbocycles. The van der Waals surface area contributed by atoms with Gasteiger partial charge >= 0.3 is 0 Å². The molecule has 0 spiro atoms. The van der Waals surface area contributed by atoms with Gasteiger partial charge < -0.3 is 9.30 Å². The van der Waals surface area contributed by atoms with E-state index in [1.54, 1.807) is 18.2 Å². The maximum absolute atomic E-state index is 6.16. The van der Waals surface area contributed by atoms with Crippen molar-refractivity contribution in [2.24, 2.45) is 0 Å². The topological polar surface area (TPSA) is 27.1 Å². The molecule has 1 heterocycles. The number of para-hydroxylation sites is 2. The third kappa shape index (κ3) is 3.62. The number of imidazole rings is 1. The number of unbranched alkanes of at least 4 members (excludes halogenated alkanes) is 1. The van der Waals surface area contributed by atoms with Crippen LogP contribution in [0.5, 0.6) is 5.75 Å². The monoisotopic (exact) mass is 348 g/mol. The summed E-state index contributed by atoms with van der Waals surface area (Å²) in [5.74, 6) is 1.52. The number of nitrogens with zero attached hydrogens (tertiary/aromatic N) is 2. The lowest BCUT2D eigenvalue weighted by Crippen LogP contribution is -2.07. The van der Waals surface area contributed by atoms with Crippen LogP contribution in [0.1, 0.15) is 25.6 Å².